The fraction of sp³-hybridized carbons (Fsp3) is 0.286. The van der Waals surface area contributed by atoms with Gasteiger partial charge in [-0.15, -0.1) is 0 Å². The predicted molar refractivity (Wildman–Crippen MR) is 102 cm³/mol. The maximum absolute atomic E-state index is 12.9. The third kappa shape index (κ3) is 3.67. The summed E-state index contributed by atoms with van der Waals surface area (Å²) in [4.78, 5) is 26.4. The lowest BCUT2D eigenvalue weighted by molar-refractivity contribution is -0.131. The number of amides is 3. The molecule has 8 nitrogen and oxygen atoms in total. The molecule has 0 aromatic heterocycles. The fourth-order valence-electron chi connectivity index (χ4n) is 3.44. The number of hydrogen-bond acceptors (Lipinski definition) is 6. The summed E-state index contributed by atoms with van der Waals surface area (Å²) in [5.41, 5.74) is 0.288. The molecule has 2 aliphatic heterocycles. The summed E-state index contributed by atoms with van der Waals surface area (Å²) in [7, 11) is 0. The van der Waals surface area contributed by atoms with Crippen molar-refractivity contribution < 1.29 is 23.8 Å². The zero-order valence-corrected chi connectivity index (χ0v) is 15.8. The molecular formula is C21H19N3O5. The van der Waals surface area contributed by atoms with Crippen LogP contribution in [0.25, 0.3) is 0 Å². The molecule has 1 fully saturated rings. The van der Waals surface area contributed by atoms with Gasteiger partial charge in [0, 0.05) is 6.42 Å². The number of nitrogens with one attached hydrogen (secondary N) is 1. The number of fused-ring (bicyclic) bond motifs is 1. The highest BCUT2D eigenvalue weighted by Gasteiger charge is 2.47. The number of ether oxygens (including phenoxy) is 3. The second-order valence-corrected chi connectivity index (χ2v) is 7.07. The van der Waals surface area contributed by atoms with Gasteiger partial charge in [-0.1, -0.05) is 12.1 Å². The predicted octanol–water partition coefficient (Wildman–Crippen LogP) is 2.22. The lowest BCUT2D eigenvalue weighted by atomic mass is 9.92. The first-order valence-electron chi connectivity index (χ1n) is 9.14. The van der Waals surface area contributed by atoms with Crippen molar-refractivity contribution in [3.05, 3.63) is 53.6 Å². The minimum absolute atomic E-state index is 0.109. The Bertz CT molecular complexity index is 1020. The molecule has 0 radical (unpaired) electrons. The van der Waals surface area contributed by atoms with Crippen molar-refractivity contribution in [3.8, 4) is 23.3 Å². The molecule has 1 atom stereocenters. The lowest BCUT2D eigenvalue weighted by Crippen LogP contribution is -2.46. The summed E-state index contributed by atoms with van der Waals surface area (Å²) in [5.74, 6) is 1.50. The number of imide groups is 1. The zero-order valence-electron chi connectivity index (χ0n) is 15.8. The van der Waals surface area contributed by atoms with Crippen LogP contribution in [0.5, 0.6) is 17.2 Å². The van der Waals surface area contributed by atoms with E-state index in [2.05, 4.69) is 5.32 Å². The van der Waals surface area contributed by atoms with Crippen molar-refractivity contribution in [2.24, 2.45) is 0 Å². The Morgan fingerprint density at radius 2 is 2.03 bits per heavy atom. The monoisotopic (exact) mass is 393 g/mol. The molecule has 0 unspecified atom stereocenters. The van der Waals surface area contributed by atoms with Gasteiger partial charge in [-0.25, -0.2) is 4.79 Å². The molecule has 0 aliphatic carbocycles. The van der Waals surface area contributed by atoms with Crippen LogP contribution in [-0.2, 0) is 11.2 Å². The second kappa shape index (κ2) is 7.36. The Hall–Kier alpha value is -3.73. The van der Waals surface area contributed by atoms with Crippen LogP contribution in [0, 0.1) is 11.3 Å². The third-order valence-electron chi connectivity index (χ3n) is 4.89. The summed E-state index contributed by atoms with van der Waals surface area (Å²) in [6.45, 7) is 2.12. The maximum Gasteiger partial charge on any atom is 0.325 e. The van der Waals surface area contributed by atoms with Gasteiger partial charge in [0.05, 0.1) is 18.2 Å². The molecule has 4 rings (SSSR count). The number of urea groups is 1. The quantitative estimate of drug-likeness (QED) is 0.756. The molecule has 0 spiro atoms. The lowest BCUT2D eigenvalue weighted by Gasteiger charge is -2.22. The van der Waals surface area contributed by atoms with E-state index in [1.54, 1.807) is 37.3 Å². The van der Waals surface area contributed by atoms with Crippen molar-refractivity contribution >= 4 is 11.9 Å². The van der Waals surface area contributed by atoms with Gasteiger partial charge in [0.2, 0.25) is 6.79 Å². The summed E-state index contributed by atoms with van der Waals surface area (Å²) >= 11 is 0. The Morgan fingerprint density at radius 3 is 2.86 bits per heavy atom. The van der Waals surface area contributed by atoms with E-state index in [0.29, 0.717) is 29.2 Å². The van der Waals surface area contributed by atoms with E-state index in [9.17, 15) is 9.59 Å². The Balaban J connectivity index is 1.39. The molecule has 3 amide bonds. The first-order valence-corrected chi connectivity index (χ1v) is 9.14. The van der Waals surface area contributed by atoms with Crippen molar-refractivity contribution in [1.29, 1.82) is 5.26 Å². The Morgan fingerprint density at radius 1 is 1.21 bits per heavy atom. The van der Waals surface area contributed by atoms with E-state index in [0.717, 1.165) is 10.5 Å². The van der Waals surface area contributed by atoms with Gasteiger partial charge < -0.3 is 19.5 Å². The van der Waals surface area contributed by atoms with E-state index in [1.165, 1.54) is 0 Å². The third-order valence-corrected chi connectivity index (χ3v) is 4.89. The normalized spacial score (nSPS) is 19.8. The summed E-state index contributed by atoms with van der Waals surface area (Å²) in [6, 6.07) is 13.8. The average Bonchev–Trinajstić information content (AvgIpc) is 3.25. The molecule has 2 aromatic rings. The van der Waals surface area contributed by atoms with Crippen LogP contribution in [0.2, 0.25) is 0 Å². The van der Waals surface area contributed by atoms with E-state index in [1.807, 2.05) is 18.2 Å². The topological polar surface area (TPSA) is 101 Å². The van der Waals surface area contributed by atoms with Gasteiger partial charge in [0.15, 0.2) is 11.5 Å². The highest BCUT2D eigenvalue weighted by molar-refractivity contribution is 6.07. The number of hydrogen-bond donors (Lipinski definition) is 1. The molecule has 8 heteroatoms. The largest absolute Gasteiger partial charge is 0.492 e. The molecule has 29 heavy (non-hydrogen) atoms. The van der Waals surface area contributed by atoms with Crippen LogP contribution >= 0.6 is 0 Å². The summed E-state index contributed by atoms with van der Waals surface area (Å²) in [6.07, 6.45) is 0.329. The molecule has 1 saturated heterocycles. The number of nitriles is 1. The number of carbonyl (C=O) groups is 2. The second-order valence-electron chi connectivity index (χ2n) is 7.07. The standard InChI is InChI=1S/C21H19N3O5/c1-21(11-14-5-6-17-18(10-14)29-13-28-17)19(25)24(20(26)23-21)7-8-27-16-4-2-3-15(9-16)12-22/h2-6,9-10H,7-8,11,13H2,1H3,(H,23,26)/t21-/m1/s1. The van der Waals surface area contributed by atoms with Crippen LogP contribution < -0.4 is 19.5 Å². The Kier molecular flexibility index (Phi) is 4.72. The molecule has 2 heterocycles. The molecule has 1 N–H and O–H groups in total. The van der Waals surface area contributed by atoms with Gasteiger partial charge >= 0.3 is 6.03 Å². The van der Waals surface area contributed by atoms with Crippen LogP contribution in [0.15, 0.2) is 42.5 Å². The average molecular weight is 393 g/mol. The Labute approximate surface area is 167 Å². The number of benzene rings is 2. The van der Waals surface area contributed by atoms with Gasteiger partial charge in [0.25, 0.3) is 5.91 Å². The van der Waals surface area contributed by atoms with E-state index in [4.69, 9.17) is 19.5 Å². The highest BCUT2D eigenvalue weighted by Crippen LogP contribution is 2.34. The smallest absolute Gasteiger partial charge is 0.325 e. The van der Waals surface area contributed by atoms with Gasteiger partial charge in [-0.2, -0.15) is 5.26 Å². The van der Waals surface area contributed by atoms with Crippen molar-refractivity contribution in [2.75, 3.05) is 19.9 Å². The summed E-state index contributed by atoms with van der Waals surface area (Å²) < 4.78 is 16.3. The van der Waals surface area contributed by atoms with Gasteiger partial charge in [-0.05, 0) is 42.8 Å². The zero-order chi connectivity index (χ0) is 20.4. The first kappa shape index (κ1) is 18.6. The fourth-order valence-corrected chi connectivity index (χ4v) is 3.44. The molecule has 2 aliphatic rings. The maximum atomic E-state index is 12.9. The van der Waals surface area contributed by atoms with E-state index < -0.39 is 11.6 Å². The van der Waals surface area contributed by atoms with Crippen molar-refractivity contribution in [3.63, 3.8) is 0 Å². The number of carbonyl (C=O) groups excluding carboxylic acids is 2. The van der Waals surface area contributed by atoms with Gasteiger partial charge in [-0.3, -0.25) is 9.69 Å². The van der Waals surface area contributed by atoms with Crippen LogP contribution in [-0.4, -0.2) is 42.3 Å². The van der Waals surface area contributed by atoms with Gasteiger partial charge in [0.1, 0.15) is 17.9 Å². The van der Waals surface area contributed by atoms with Crippen LogP contribution in [0.4, 0.5) is 4.79 Å². The highest BCUT2D eigenvalue weighted by atomic mass is 16.7. The van der Waals surface area contributed by atoms with Crippen molar-refractivity contribution in [2.45, 2.75) is 18.9 Å². The minimum atomic E-state index is -1.05. The SMILES string of the molecule is C[C@]1(Cc2ccc3c(c2)OCO3)NC(=O)N(CCOc2cccc(C#N)c2)C1=O. The van der Waals surface area contributed by atoms with E-state index in [-0.39, 0.29) is 25.9 Å². The number of rotatable bonds is 6. The van der Waals surface area contributed by atoms with Crippen LogP contribution in [0.3, 0.4) is 0 Å². The molecule has 0 saturated carbocycles. The van der Waals surface area contributed by atoms with Crippen LogP contribution in [0.1, 0.15) is 18.1 Å². The minimum Gasteiger partial charge on any atom is -0.492 e. The van der Waals surface area contributed by atoms with E-state index >= 15 is 0 Å². The summed E-state index contributed by atoms with van der Waals surface area (Å²) in [5, 5.41) is 11.7. The molecule has 2 aromatic carbocycles. The van der Waals surface area contributed by atoms with Crippen molar-refractivity contribution in [1.82, 2.24) is 10.2 Å². The number of nitrogens with zero attached hydrogens (tertiary/aromatic N) is 2. The molecule has 148 valence electrons. The molecular weight excluding hydrogens is 374 g/mol. The molecule has 0 bridgehead atoms. The first-order chi connectivity index (χ1) is 14.0.